The second kappa shape index (κ2) is 10.2. The smallest absolute Gasteiger partial charge is 0.215 e. The summed E-state index contributed by atoms with van der Waals surface area (Å²) in [6, 6.07) is 13.2. The van der Waals surface area contributed by atoms with Gasteiger partial charge in [0.15, 0.2) is 5.16 Å². The predicted molar refractivity (Wildman–Crippen MR) is 137 cm³/mol. The Balaban J connectivity index is 1.32. The van der Waals surface area contributed by atoms with Crippen molar-refractivity contribution >= 4 is 35.0 Å². The minimum atomic E-state index is -1.08. The summed E-state index contributed by atoms with van der Waals surface area (Å²) in [7, 11) is 1.99. The first-order valence-corrected chi connectivity index (χ1v) is 13.0. The summed E-state index contributed by atoms with van der Waals surface area (Å²) in [6.07, 6.45) is 9.01. The van der Waals surface area contributed by atoms with Crippen molar-refractivity contribution < 1.29 is 14.2 Å². The highest BCUT2D eigenvalue weighted by Gasteiger charge is 2.45. The van der Waals surface area contributed by atoms with E-state index < -0.39 is 5.79 Å². The zero-order valence-electron chi connectivity index (χ0n) is 19.2. The van der Waals surface area contributed by atoms with Gasteiger partial charge in [-0.3, -0.25) is 0 Å². The van der Waals surface area contributed by atoms with Crippen molar-refractivity contribution in [3.8, 4) is 17.0 Å². The Labute approximate surface area is 217 Å². The van der Waals surface area contributed by atoms with Gasteiger partial charge in [-0.1, -0.05) is 53.2 Å². The molecule has 7 nitrogen and oxygen atoms in total. The van der Waals surface area contributed by atoms with Gasteiger partial charge in [-0.05, 0) is 30.5 Å². The Hall–Kier alpha value is -2.49. The molecule has 0 aliphatic carbocycles. The standard InChI is InChI=1S/C25H24Cl2N4O3S/c1-30-12-23(29-24(30)35-2)17-4-3-5-19(10-17)32-13-20-14-33-25(34-20,15-31-9-8-28-16-31)21-7-6-18(26)11-22(21)27/h3-12,16,20H,13-15H2,1-2H3. The number of rotatable bonds is 8. The normalized spacial score (nSPS) is 19.8. The molecule has 10 heteroatoms. The number of aromatic nitrogens is 4. The summed E-state index contributed by atoms with van der Waals surface area (Å²) in [6.45, 7) is 1.06. The lowest BCUT2D eigenvalue weighted by molar-refractivity contribution is -0.189. The molecule has 3 heterocycles. The number of thioether (sulfide) groups is 1. The molecule has 2 unspecified atom stereocenters. The van der Waals surface area contributed by atoms with Gasteiger partial charge in [0, 0.05) is 41.8 Å². The van der Waals surface area contributed by atoms with Gasteiger partial charge >= 0.3 is 0 Å². The van der Waals surface area contributed by atoms with E-state index in [0.29, 0.717) is 35.4 Å². The molecule has 1 saturated heterocycles. The van der Waals surface area contributed by atoms with Gasteiger partial charge in [0.2, 0.25) is 5.79 Å². The molecule has 1 fully saturated rings. The van der Waals surface area contributed by atoms with Crippen LogP contribution in [0.5, 0.6) is 5.75 Å². The third-order valence-electron chi connectivity index (χ3n) is 5.73. The van der Waals surface area contributed by atoms with Crippen LogP contribution in [0.2, 0.25) is 10.0 Å². The molecule has 1 aliphatic rings. The molecule has 5 rings (SSSR count). The van der Waals surface area contributed by atoms with E-state index in [1.165, 1.54) is 0 Å². The van der Waals surface area contributed by atoms with Crippen LogP contribution in [0.4, 0.5) is 0 Å². The van der Waals surface area contributed by atoms with Crippen molar-refractivity contribution in [2.75, 3.05) is 19.5 Å². The molecule has 0 amide bonds. The first-order chi connectivity index (χ1) is 17.0. The molecule has 0 radical (unpaired) electrons. The molecule has 0 N–H and O–H groups in total. The maximum Gasteiger partial charge on any atom is 0.215 e. The van der Waals surface area contributed by atoms with Crippen LogP contribution >= 0.6 is 35.0 Å². The summed E-state index contributed by atoms with van der Waals surface area (Å²) >= 11 is 14.3. The molecule has 0 saturated carbocycles. The van der Waals surface area contributed by atoms with Gasteiger partial charge in [-0.25, -0.2) is 9.97 Å². The summed E-state index contributed by atoms with van der Waals surface area (Å²) in [4.78, 5) is 8.81. The zero-order valence-corrected chi connectivity index (χ0v) is 21.6. The SMILES string of the molecule is CSc1nc(-c2cccc(OCC3COC(Cn4ccnc4)(c4ccc(Cl)cc4Cl)O3)c2)cn1C. The van der Waals surface area contributed by atoms with Gasteiger partial charge in [0.1, 0.15) is 18.5 Å². The second-order valence-corrected chi connectivity index (χ2v) is 9.84. The van der Waals surface area contributed by atoms with Gasteiger partial charge in [0.25, 0.3) is 0 Å². The lowest BCUT2D eigenvalue weighted by Crippen LogP contribution is -2.34. The van der Waals surface area contributed by atoms with E-state index in [4.69, 9.17) is 37.4 Å². The number of aryl methyl sites for hydroxylation is 1. The summed E-state index contributed by atoms with van der Waals surface area (Å²) in [5.74, 6) is -0.348. The van der Waals surface area contributed by atoms with E-state index in [0.717, 1.165) is 22.2 Å². The maximum absolute atomic E-state index is 6.55. The molecule has 0 spiro atoms. The number of halogens is 2. The molecule has 35 heavy (non-hydrogen) atoms. The van der Waals surface area contributed by atoms with Crippen molar-refractivity contribution in [3.05, 3.63) is 83.0 Å². The van der Waals surface area contributed by atoms with Crippen molar-refractivity contribution in [1.29, 1.82) is 0 Å². The average Bonchev–Trinajstić information content (AvgIpc) is 3.59. The van der Waals surface area contributed by atoms with Gasteiger partial charge in [-0.15, -0.1) is 0 Å². The van der Waals surface area contributed by atoms with Crippen LogP contribution in [0.3, 0.4) is 0 Å². The molecule has 0 bridgehead atoms. The Morgan fingerprint density at radius 1 is 1.23 bits per heavy atom. The fraction of sp³-hybridized carbons (Fsp3) is 0.280. The molecule has 4 aromatic rings. The van der Waals surface area contributed by atoms with Gasteiger partial charge in [0.05, 0.1) is 30.2 Å². The van der Waals surface area contributed by atoms with Crippen LogP contribution in [0.1, 0.15) is 5.56 Å². The van der Waals surface area contributed by atoms with Crippen molar-refractivity contribution in [2.24, 2.45) is 7.05 Å². The van der Waals surface area contributed by atoms with Crippen LogP contribution in [0, 0.1) is 0 Å². The van der Waals surface area contributed by atoms with Crippen molar-refractivity contribution in [2.45, 2.75) is 23.6 Å². The van der Waals surface area contributed by atoms with Crippen molar-refractivity contribution in [1.82, 2.24) is 19.1 Å². The minimum Gasteiger partial charge on any atom is -0.491 e. The summed E-state index contributed by atoms with van der Waals surface area (Å²) in [5, 5.41) is 1.98. The first-order valence-electron chi connectivity index (χ1n) is 11.0. The van der Waals surface area contributed by atoms with E-state index in [1.807, 2.05) is 65.2 Å². The second-order valence-electron chi connectivity index (χ2n) is 8.23. The lowest BCUT2D eigenvalue weighted by Gasteiger charge is -2.30. The lowest BCUT2D eigenvalue weighted by atomic mass is 10.1. The minimum absolute atomic E-state index is 0.299. The van der Waals surface area contributed by atoms with Gasteiger partial charge < -0.3 is 23.3 Å². The monoisotopic (exact) mass is 530 g/mol. The quantitative estimate of drug-likeness (QED) is 0.274. The molecule has 2 aromatic heterocycles. The summed E-state index contributed by atoms with van der Waals surface area (Å²) in [5.41, 5.74) is 2.60. The van der Waals surface area contributed by atoms with Crippen LogP contribution in [0.15, 0.2) is 72.5 Å². The number of hydrogen-bond donors (Lipinski definition) is 0. The van der Waals surface area contributed by atoms with E-state index >= 15 is 0 Å². The Morgan fingerprint density at radius 3 is 2.86 bits per heavy atom. The zero-order chi connectivity index (χ0) is 24.4. The van der Waals surface area contributed by atoms with E-state index in [-0.39, 0.29) is 6.10 Å². The van der Waals surface area contributed by atoms with E-state index in [9.17, 15) is 0 Å². The molecule has 1 aliphatic heterocycles. The van der Waals surface area contributed by atoms with Crippen LogP contribution in [0.25, 0.3) is 11.3 Å². The fourth-order valence-corrected chi connectivity index (χ4v) is 5.17. The first kappa shape index (κ1) is 24.2. The highest BCUT2D eigenvalue weighted by atomic mass is 35.5. The molecule has 2 aromatic carbocycles. The Kier molecular flexibility index (Phi) is 7.09. The molecule has 2 atom stereocenters. The largest absolute Gasteiger partial charge is 0.491 e. The number of benzene rings is 2. The molecule has 182 valence electrons. The third-order valence-corrected chi connectivity index (χ3v) is 7.03. The topological polar surface area (TPSA) is 63.3 Å². The highest BCUT2D eigenvalue weighted by Crippen LogP contribution is 2.40. The predicted octanol–water partition coefficient (Wildman–Crippen LogP) is 5.66. The third kappa shape index (κ3) is 5.22. The maximum atomic E-state index is 6.55. The van der Waals surface area contributed by atoms with Crippen LogP contribution in [-0.2, 0) is 28.9 Å². The molecular formula is C25H24Cl2N4O3S. The van der Waals surface area contributed by atoms with Gasteiger partial charge in [-0.2, -0.15) is 0 Å². The fourth-order valence-electron chi connectivity index (χ4n) is 4.09. The number of hydrogen-bond acceptors (Lipinski definition) is 6. The number of nitrogens with zero attached hydrogens (tertiary/aromatic N) is 4. The Morgan fingerprint density at radius 2 is 2.11 bits per heavy atom. The van der Waals surface area contributed by atoms with Crippen molar-refractivity contribution in [3.63, 3.8) is 0 Å². The van der Waals surface area contributed by atoms with E-state index in [1.54, 1.807) is 36.4 Å². The highest BCUT2D eigenvalue weighted by molar-refractivity contribution is 7.98. The van der Waals surface area contributed by atoms with Crippen LogP contribution < -0.4 is 4.74 Å². The number of ether oxygens (including phenoxy) is 3. The molecular weight excluding hydrogens is 507 g/mol. The number of imidazole rings is 2. The Bertz CT molecular complexity index is 1310. The van der Waals surface area contributed by atoms with E-state index in [2.05, 4.69) is 9.97 Å². The summed E-state index contributed by atoms with van der Waals surface area (Å²) < 4.78 is 22.7. The van der Waals surface area contributed by atoms with Crippen LogP contribution in [-0.4, -0.2) is 44.7 Å². The average molecular weight is 531 g/mol.